The zero-order valence-corrected chi connectivity index (χ0v) is 33.8. The summed E-state index contributed by atoms with van der Waals surface area (Å²) in [6.45, 7) is 2.90. The minimum atomic E-state index is -1.39. The topological polar surface area (TPSA) is 201 Å². The van der Waals surface area contributed by atoms with Crippen molar-refractivity contribution in [1.29, 1.82) is 0 Å². The van der Waals surface area contributed by atoms with Gasteiger partial charge in [0.05, 0.1) is 32.8 Å². The maximum Gasteiger partial charge on any atom is 0.338 e. The molecule has 1 amide bonds. The Morgan fingerprint density at radius 2 is 1.02 bits per heavy atom. The average molecular weight is 875 g/mol. The normalized spacial score (nSPS) is 18.7. The lowest BCUT2D eigenvalue weighted by Crippen LogP contribution is -2.44. The molecular weight excluding hydrogens is 847 g/mol. The third-order valence-electron chi connectivity index (χ3n) is 8.90. The van der Waals surface area contributed by atoms with Crippen molar-refractivity contribution in [3.8, 4) is 11.4 Å². The number of nitrogens with zero attached hydrogens (tertiary/aromatic N) is 8. The van der Waals surface area contributed by atoms with Crippen molar-refractivity contribution in [3.05, 3.63) is 109 Å². The largest absolute Gasteiger partial charge is 0.379 e. The van der Waals surface area contributed by atoms with Gasteiger partial charge in [-0.1, -0.05) is 33.5 Å². The minimum Gasteiger partial charge on any atom is -0.379 e. The van der Waals surface area contributed by atoms with E-state index < -0.39 is 56.7 Å². The maximum atomic E-state index is 14.6. The van der Waals surface area contributed by atoms with Crippen LogP contribution in [-0.2, 0) is 47.5 Å². The zero-order chi connectivity index (χ0) is 41.9. The number of benzene rings is 2. The van der Waals surface area contributed by atoms with E-state index in [0.29, 0.717) is 9.13 Å². The second-order valence-corrected chi connectivity index (χ2v) is 14.8. The number of carbonyl (C=O) groups excluding carboxylic acids is 2. The summed E-state index contributed by atoms with van der Waals surface area (Å²) >= 11 is 27.8. The highest BCUT2D eigenvalue weighted by Gasteiger charge is 2.42. The van der Waals surface area contributed by atoms with Crippen LogP contribution < -0.4 is 28.5 Å². The van der Waals surface area contributed by atoms with Crippen LogP contribution in [0.1, 0.15) is 37.8 Å². The molecule has 17 nitrogen and oxygen atoms in total. The van der Waals surface area contributed by atoms with Crippen molar-refractivity contribution in [2.24, 2.45) is 44.2 Å². The number of nitrogens with two attached hydrogens (primary N) is 1. The van der Waals surface area contributed by atoms with Crippen LogP contribution in [0.2, 0.25) is 10.0 Å². The predicted molar refractivity (Wildman–Crippen MR) is 205 cm³/mol. The molecule has 0 spiro atoms. The van der Waals surface area contributed by atoms with E-state index >= 15 is 0 Å². The van der Waals surface area contributed by atoms with Gasteiger partial charge in [-0.05, 0) is 74.1 Å². The van der Waals surface area contributed by atoms with Gasteiger partial charge in [-0.3, -0.25) is 27.9 Å². The van der Waals surface area contributed by atoms with E-state index in [-0.39, 0.29) is 66.4 Å². The Morgan fingerprint density at radius 3 is 1.30 bits per heavy atom. The molecule has 2 unspecified atom stereocenters. The molecule has 6 rings (SSSR count). The van der Waals surface area contributed by atoms with Crippen molar-refractivity contribution in [2.45, 2.75) is 37.9 Å². The fourth-order valence-corrected chi connectivity index (χ4v) is 6.35. The van der Waals surface area contributed by atoms with Crippen LogP contribution in [0.25, 0.3) is 11.4 Å². The Labute approximate surface area is 337 Å². The molecule has 0 fully saturated rings. The van der Waals surface area contributed by atoms with Gasteiger partial charge >= 0.3 is 22.8 Å². The van der Waals surface area contributed by atoms with Gasteiger partial charge in [0, 0.05) is 52.2 Å². The molecule has 4 aromatic rings. The zero-order valence-electron chi connectivity index (χ0n) is 29.9. The summed E-state index contributed by atoms with van der Waals surface area (Å²) in [5.41, 5.74) is -0.621. The Morgan fingerprint density at radius 1 is 0.696 bits per heavy atom. The smallest absolute Gasteiger partial charge is 0.338 e. The molecule has 24 heteroatoms. The molecule has 56 heavy (non-hydrogen) atoms. The number of amides is 1. The van der Waals surface area contributed by atoms with E-state index in [1.165, 1.54) is 54.2 Å². The van der Waals surface area contributed by atoms with Gasteiger partial charge in [0.25, 0.3) is 11.1 Å². The molecule has 0 aliphatic carbocycles. The number of carbonyl (C=O) groups is 2. The number of halogens is 5. The highest BCUT2D eigenvalue weighted by Crippen LogP contribution is 2.33. The van der Waals surface area contributed by atoms with Crippen molar-refractivity contribution in [3.63, 3.8) is 0 Å². The first-order valence-corrected chi connectivity index (χ1v) is 17.7. The summed E-state index contributed by atoms with van der Waals surface area (Å²) < 4.78 is 34.6. The highest BCUT2D eigenvalue weighted by molar-refractivity contribution is 7.71. The lowest BCUT2D eigenvalue weighted by molar-refractivity contribution is -0.138. The van der Waals surface area contributed by atoms with Gasteiger partial charge in [0.1, 0.15) is 11.6 Å². The van der Waals surface area contributed by atoms with Crippen LogP contribution in [0.3, 0.4) is 0 Å². The quantitative estimate of drug-likeness (QED) is 0.222. The lowest BCUT2D eigenvalue weighted by atomic mass is 9.95. The summed E-state index contributed by atoms with van der Waals surface area (Å²) in [7, 11) is 5.45. The third-order valence-corrected chi connectivity index (χ3v) is 11.0. The Balaban J connectivity index is 0.000000214. The predicted octanol–water partition coefficient (Wildman–Crippen LogP) is 2.81. The first-order chi connectivity index (χ1) is 25.9. The van der Waals surface area contributed by atoms with Gasteiger partial charge in [-0.2, -0.15) is 0 Å². The number of hydrogen-bond acceptors (Lipinski definition) is 12. The SMILES string of the molecule is Cn1c(=S)n(C)c(=O)n(-c2cc(C3=NOC(C)(C(=O)Cl)C3)c(Cl)cc2F)c1=O.Cn1c(=S)n(C)c(=O)n(-c2cc(C3=NOC(C)(C(N)=O)C3)c(Cl)cc2F)c1=O. The number of rotatable bonds is 6. The van der Waals surface area contributed by atoms with Gasteiger partial charge in [0.15, 0.2) is 9.54 Å². The summed E-state index contributed by atoms with van der Waals surface area (Å²) in [5.74, 6) is -2.54. The van der Waals surface area contributed by atoms with E-state index in [4.69, 9.17) is 74.6 Å². The summed E-state index contributed by atoms with van der Waals surface area (Å²) in [5, 5.41) is 6.79. The molecular formula is C32H28Cl3F2N9O8S2. The van der Waals surface area contributed by atoms with E-state index in [1.807, 2.05) is 0 Å². The molecule has 296 valence electrons. The molecule has 0 bridgehead atoms. The number of aromatic nitrogens is 6. The Kier molecular flexibility index (Phi) is 11.3. The van der Waals surface area contributed by atoms with Crippen molar-refractivity contribution >= 4 is 81.8 Å². The second kappa shape index (κ2) is 15.1. The first-order valence-electron chi connectivity index (χ1n) is 15.7. The highest BCUT2D eigenvalue weighted by atomic mass is 35.5. The number of oxime groups is 2. The molecule has 2 N–H and O–H groups in total. The van der Waals surface area contributed by atoms with Gasteiger partial charge in [-0.25, -0.2) is 37.1 Å². The fourth-order valence-electron chi connectivity index (χ4n) is 5.42. The molecule has 2 atom stereocenters. The summed E-state index contributed by atoms with van der Waals surface area (Å²) in [6, 6.07) is 4.27. The molecule has 4 heterocycles. The summed E-state index contributed by atoms with van der Waals surface area (Å²) in [4.78, 5) is 83.5. The maximum absolute atomic E-state index is 14.6. The van der Waals surface area contributed by atoms with Crippen molar-refractivity contribution < 1.29 is 28.0 Å². The molecule has 2 aromatic carbocycles. The Bertz CT molecular complexity index is 2570. The molecule has 2 aromatic heterocycles. The van der Waals surface area contributed by atoms with Crippen LogP contribution in [0, 0.1) is 21.2 Å². The number of hydrogen-bond donors (Lipinski definition) is 1. The van der Waals surface area contributed by atoms with Crippen LogP contribution in [0.5, 0.6) is 0 Å². The minimum absolute atomic E-state index is 0.0150. The van der Waals surface area contributed by atoms with Gasteiger partial charge in [-0.15, -0.1) is 0 Å². The van der Waals surface area contributed by atoms with E-state index in [2.05, 4.69) is 10.3 Å². The van der Waals surface area contributed by atoms with Crippen molar-refractivity contribution in [1.82, 2.24) is 27.4 Å². The second-order valence-electron chi connectivity index (χ2n) is 12.9. The van der Waals surface area contributed by atoms with Crippen LogP contribution >= 0.6 is 59.2 Å². The van der Waals surface area contributed by atoms with Crippen molar-refractivity contribution in [2.75, 3.05) is 0 Å². The van der Waals surface area contributed by atoms with Crippen LogP contribution in [0.15, 0.2) is 53.8 Å². The average Bonchev–Trinajstić information content (AvgIpc) is 3.74. The number of primary amides is 1. The molecule has 0 saturated carbocycles. The van der Waals surface area contributed by atoms with Crippen LogP contribution in [-0.4, -0.2) is 61.2 Å². The van der Waals surface area contributed by atoms with Gasteiger partial charge < -0.3 is 15.4 Å². The van der Waals surface area contributed by atoms with E-state index in [9.17, 15) is 37.5 Å². The van der Waals surface area contributed by atoms with Crippen LogP contribution in [0.4, 0.5) is 8.78 Å². The monoisotopic (exact) mass is 873 g/mol. The molecule has 0 radical (unpaired) electrons. The Hall–Kier alpha value is -5.09. The lowest BCUT2D eigenvalue weighted by Gasteiger charge is -2.16. The van der Waals surface area contributed by atoms with Gasteiger partial charge in [0.2, 0.25) is 11.2 Å². The van der Waals surface area contributed by atoms with E-state index in [1.54, 1.807) is 0 Å². The molecule has 0 saturated heterocycles. The summed E-state index contributed by atoms with van der Waals surface area (Å²) in [6.07, 6.45) is -0.0369. The standard InChI is InChI=1S/C16H13Cl2FN4O4S.C16H15ClFN5O4S/c1-16(12(18)24)6-10(20-27-16)7-4-11(9(19)5-8(7)17)23-13(25)21(2)15(28)22(3)14(23)26;1-16(12(19)24)6-10(20-27-16)7-4-11(9(18)5-8(7)17)23-13(25)21(2)15(28)22(3)14(23)26/h4-5H,6H2,1-3H3;4-5H,6H2,1-3H3,(H2,19,24). The molecule has 2 aliphatic heterocycles. The fraction of sp³-hybridized carbons (Fsp3) is 0.312. The van der Waals surface area contributed by atoms with E-state index in [0.717, 1.165) is 30.4 Å². The first kappa shape index (κ1) is 42.1. The third kappa shape index (κ3) is 7.20. The molecule has 2 aliphatic rings.